The van der Waals surface area contributed by atoms with Crippen molar-refractivity contribution in [1.82, 2.24) is 9.97 Å². The Kier molecular flexibility index (Phi) is 3.20. The first-order chi connectivity index (χ1) is 5.97. The summed E-state index contributed by atoms with van der Waals surface area (Å²) in [5, 5.41) is 0. The van der Waals surface area contributed by atoms with Gasteiger partial charge in [0, 0.05) is 12.4 Å². The number of nitrogens with zero attached hydrogens (tertiary/aromatic N) is 2. The third-order valence-corrected chi connectivity index (χ3v) is 1.59. The van der Waals surface area contributed by atoms with E-state index in [4.69, 9.17) is 0 Å². The van der Waals surface area contributed by atoms with Gasteiger partial charge in [-0.05, 0) is 24.3 Å². The number of aromatic nitrogens is 2. The highest BCUT2D eigenvalue weighted by Crippen LogP contribution is 2.10. The lowest BCUT2D eigenvalue weighted by molar-refractivity contribution is 1.25. The summed E-state index contributed by atoms with van der Waals surface area (Å²) in [7, 11) is 0. The number of pyridine rings is 2. The van der Waals surface area contributed by atoms with Gasteiger partial charge in [-0.25, -0.2) is 0 Å². The van der Waals surface area contributed by atoms with Crippen molar-refractivity contribution in [3.05, 3.63) is 48.8 Å². The van der Waals surface area contributed by atoms with Crippen LogP contribution in [0.5, 0.6) is 0 Å². The van der Waals surface area contributed by atoms with E-state index in [0.29, 0.717) is 0 Å². The Morgan fingerprint density at radius 2 is 1.15 bits per heavy atom. The van der Waals surface area contributed by atoms with E-state index in [0.717, 1.165) is 11.4 Å². The van der Waals surface area contributed by atoms with Crippen LogP contribution >= 0.6 is 0 Å². The molecule has 2 aromatic heterocycles. The Morgan fingerprint density at radius 1 is 0.692 bits per heavy atom. The van der Waals surface area contributed by atoms with Crippen molar-refractivity contribution < 1.29 is 0 Å². The van der Waals surface area contributed by atoms with Crippen molar-refractivity contribution in [3.63, 3.8) is 0 Å². The van der Waals surface area contributed by atoms with Gasteiger partial charge in [0.2, 0.25) is 0 Å². The minimum absolute atomic E-state index is 0. The fourth-order valence-corrected chi connectivity index (χ4v) is 1.03. The maximum atomic E-state index is 4.19. The molecular weight excluding hydrogens is 159 g/mol. The molecule has 0 saturated carbocycles. The second-order valence-electron chi connectivity index (χ2n) is 2.43. The minimum Gasteiger partial charge on any atom is -0.255 e. The molecule has 2 rings (SSSR count). The zero-order valence-electron chi connectivity index (χ0n) is 6.51. The summed E-state index contributed by atoms with van der Waals surface area (Å²) < 4.78 is 0. The van der Waals surface area contributed by atoms with Gasteiger partial charge in [0.25, 0.3) is 0 Å². The molecule has 0 bridgehead atoms. The molecule has 3 heteroatoms. The minimum atomic E-state index is 0. The van der Waals surface area contributed by atoms with Gasteiger partial charge >= 0.3 is 0 Å². The second-order valence-corrected chi connectivity index (χ2v) is 2.43. The lowest BCUT2D eigenvalue weighted by atomic mass is 10.2. The Labute approximate surface area is 79.2 Å². The maximum Gasteiger partial charge on any atom is 0.0886 e. The van der Waals surface area contributed by atoms with Crippen LogP contribution in [-0.2, 0) is 0 Å². The van der Waals surface area contributed by atoms with Crippen LogP contribution in [0.2, 0.25) is 0 Å². The molecular formula is C10H11BN2. The van der Waals surface area contributed by atoms with E-state index in [2.05, 4.69) is 9.97 Å². The van der Waals surface area contributed by atoms with Gasteiger partial charge in [-0.2, -0.15) is 0 Å². The van der Waals surface area contributed by atoms with Crippen LogP contribution in [0, 0.1) is 0 Å². The average Bonchev–Trinajstić information content (AvgIpc) is 2.21. The number of rotatable bonds is 1. The summed E-state index contributed by atoms with van der Waals surface area (Å²) in [4.78, 5) is 8.37. The molecule has 2 aromatic rings. The molecule has 13 heavy (non-hydrogen) atoms. The summed E-state index contributed by atoms with van der Waals surface area (Å²) in [6.45, 7) is 0. The van der Waals surface area contributed by atoms with Crippen LogP contribution in [0.3, 0.4) is 0 Å². The molecule has 0 aliphatic carbocycles. The van der Waals surface area contributed by atoms with Gasteiger partial charge in [-0.15, -0.1) is 0 Å². The van der Waals surface area contributed by atoms with Crippen molar-refractivity contribution in [2.75, 3.05) is 0 Å². The molecule has 0 spiro atoms. The normalized spacial score (nSPS) is 8.92. The molecule has 0 aromatic carbocycles. The lowest BCUT2D eigenvalue weighted by Crippen LogP contribution is -1.83. The van der Waals surface area contributed by atoms with E-state index < -0.39 is 0 Å². The third kappa shape index (κ3) is 2.15. The average molecular weight is 170 g/mol. The zero-order valence-corrected chi connectivity index (χ0v) is 6.51. The fraction of sp³-hybridized carbons (Fsp3) is 0. The van der Waals surface area contributed by atoms with Gasteiger partial charge in [-0.1, -0.05) is 12.1 Å². The van der Waals surface area contributed by atoms with E-state index in [-0.39, 0.29) is 8.41 Å². The molecule has 0 atom stereocenters. The van der Waals surface area contributed by atoms with Crippen LogP contribution < -0.4 is 0 Å². The molecule has 2 nitrogen and oxygen atoms in total. The first-order valence-electron chi connectivity index (χ1n) is 3.79. The topological polar surface area (TPSA) is 25.8 Å². The van der Waals surface area contributed by atoms with Crippen LogP contribution in [0.4, 0.5) is 0 Å². The van der Waals surface area contributed by atoms with E-state index in [9.17, 15) is 0 Å². The predicted molar refractivity (Wildman–Crippen MR) is 57.4 cm³/mol. The van der Waals surface area contributed by atoms with E-state index >= 15 is 0 Å². The molecule has 0 aliphatic rings. The van der Waals surface area contributed by atoms with Gasteiger partial charge in [0.05, 0.1) is 19.8 Å². The quantitative estimate of drug-likeness (QED) is 0.595. The highest BCUT2D eigenvalue weighted by atomic mass is 14.7. The molecule has 0 amide bonds. The predicted octanol–water partition coefficient (Wildman–Crippen LogP) is 0.960. The van der Waals surface area contributed by atoms with E-state index in [1.54, 1.807) is 12.4 Å². The lowest BCUT2D eigenvalue weighted by Gasteiger charge is -1.96. The standard InChI is InChI=1S/C10H8N2.BH3/c1-3-7-11-9(5-1)10-6-2-4-8-12-10;/h1-8H;1H3. The Bertz CT molecular complexity index is 310. The molecule has 0 saturated heterocycles. The first kappa shape index (κ1) is 9.45. The molecule has 0 radical (unpaired) electrons. The molecule has 0 fully saturated rings. The van der Waals surface area contributed by atoms with Crippen molar-refractivity contribution in [3.8, 4) is 11.4 Å². The van der Waals surface area contributed by atoms with Crippen molar-refractivity contribution in [2.45, 2.75) is 0 Å². The zero-order chi connectivity index (χ0) is 8.23. The Hall–Kier alpha value is -1.64. The van der Waals surface area contributed by atoms with E-state index in [1.165, 1.54) is 0 Å². The summed E-state index contributed by atoms with van der Waals surface area (Å²) in [6, 6.07) is 11.6. The van der Waals surface area contributed by atoms with Crippen LogP contribution in [0.1, 0.15) is 0 Å². The summed E-state index contributed by atoms with van der Waals surface area (Å²) in [6.07, 6.45) is 3.54. The maximum absolute atomic E-state index is 4.19. The molecule has 0 N–H and O–H groups in total. The highest BCUT2D eigenvalue weighted by molar-refractivity contribution is 5.75. The second kappa shape index (κ2) is 4.41. The third-order valence-electron chi connectivity index (χ3n) is 1.59. The number of hydrogen-bond donors (Lipinski definition) is 0. The summed E-state index contributed by atoms with van der Waals surface area (Å²) in [5.74, 6) is 0. The largest absolute Gasteiger partial charge is 0.255 e. The fourth-order valence-electron chi connectivity index (χ4n) is 1.03. The highest BCUT2D eigenvalue weighted by Gasteiger charge is 1.95. The molecule has 0 aliphatic heterocycles. The van der Waals surface area contributed by atoms with Crippen molar-refractivity contribution in [1.29, 1.82) is 0 Å². The molecule has 64 valence electrons. The van der Waals surface area contributed by atoms with Crippen molar-refractivity contribution in [2.24, 2.45) is 0 Å². The van der Waals surface area contributed by atoms with Gasteiger partial charge in [-0.3, -0.25) is 9.97 Å². The molecule has 2 heterocycles. The van der Waals surface area contributed by atoms with Crippen LogP contribution in [-0.4, -0.2) is 18.4 Å². The van der Waals surface area contributed by atoms with Gasteiger partial charge in [0.1, 0.15) is 0 Å². The number of hydrogen-bond acceptors (Lipinski definition) is 2. The van der Waals surface area contributed by atoms with Crippen molar-refractivity contribution >= 4 is 8.41 Å². The summed E-state index contributed by atoms with van der Waals surface area (Å²) in [5.41, 5.74) is 1.83. The Balaban J connectivity index is 0.000000845. The van der Waals surface area contributed by atoms with Gasteiger partial charge < -0.3 is 0 Å². The van der Waals surface area contributed by atoms with Crippen LogP contribution in [0.15, 0.2) is 48.8 Å². The van der Waals surface area contributed by atoms with Gasteiger partial charge in [0.15, 0.2) is 0 Å². The van der Waals surface area contributed by atoms with Crippen LogP contribution in [0.25, 0.3) is 11.4 Å². The molecule has 0 unspecified atom stereocenters. The Morgan fingerprint density at radius 3 is 1.46 bits per heavy atom. The van der Waals surface area contributed by atoms with E-state index in [1.807, 2.05) is 36.4 Å². The smallest absolute Gasteiger partial charge is 0.0886 e. The SMILES string of the molecule is B.c1ccc(-c2ccccn2)nc1. The monoisotopic (exact) mass is 170 g/mol. The first-order valence-corrected chi connectivity index (χ1v) is 3.79. The summed E-state index contributed by atoms with van der Waals surface area (Å²) >= 11 is 0.